The van der Waals surface area contributed by atoms with E-state index in [1.54, 1.807) is 30.3 Å². The predicted molar refractivity (Wildman–Crippen MR) is 252 cm³/mol. The van der Waals surface area contributed by atoms with E-state index < -0.39 is 11.2 Å². The SMILES string of the molecule is C[C@H](CC(=O)OC(C)(C)C)Cn1nnc(-c2cccc(O)c2)n1.Cc1cccc(-c2nn[nH]n2)c1.Cc1cccc(-c2nnn(C[C@H](C)CC(=O)OC(C)(C)C)n2)c1.Cc1cccc(C#N)c1. The lowest BCUT2D eigenvalue weighted by Gasteiger charge is -2.20. The number of aryl methyl sites for hydroxylation is 3. The third kappa shape index (κ3) is 19.5. The number of phenols is 1. The minimum Gasteiger partial charge on any atom is -0.508 e. The maximum Gasteiger partial charge on any atom is 0.306 e. The smallest absolute Gasteiger partial charge is 0.306 e. The number of rotatable bonds is 11. The summed E-state index contributed by atoms with van der Waals surface area (Å²) in [5, 5.41) is 56.3. The minimum atomic E-state index is -0.481. The number of ether oxygens (including phenoxy) is 2. The summed E-state index contributed by atoms with van der Waals surface area (Å²) in [6, 6.07) is 32.2. The molecule has 0 saturated carbocycles. The highest BCUT2D eigenvalue weighted by Gasteiger charge is 2.21. The first-order valence-electron chi connectivity index (χ1n) is 21.8. The van der Waals surface area contributed by atoms with Gasteiger partial charge in [-0.05, 0) is 132 Å². The molecule has 0 aliphatic carbocycles. The van der Waals surface area contributed by atoms with E-state index in [2.05, 4.69) is 57.5 Å². The highest BCUT2D eigenvalue weighted by atomic mass is 16.6. The number of hydrogen-bond acceptors (Lipinski definition) is 15. The Kier molecular flexibility index (Phi) is 19.0. The van der Waals surface area contributed by atoms with Crippen molar-refractivity contribution in [3.63, 3.8) is 0 Å². The lowest BCUT2D eigenvalue weighted by Crippen LogP contribution is -2.25. The highest BCUT2D eigenvalue weighted by Crippen LogP contribution is 2.20. The van der Waals surface area contributed by atoms with Crippen LogP contribution in [-0.4, -0.2) is 89.3 Å². The molecule has 18 nitrogen and oxygen atoms in total. The fourth-order valence-electron chi connectivity index (χ4n) is 6.11. The molecule has 0 spiro atoms. The van der Waals surface area contributed by atoms with Gasteiger partial charge in [0.15, 0.2) is 0 Å². The zero-order valence-electron chi connectivity index (χ0n) is 40.2. The lowest BCUT2D eigenvalue weighted by atomic mass is 10.1. The van der Waals surface area contributed by atoms with Gasteiger partial charge in [-0.25, -0.2) is 0 Å². The van der Waals surface area contributed by atoms with Crippen LogP contribution in [0.5, 0.6) is 5.75 Å². The van der Waals surface area contributed by atoms with Gasteiger partial charge in [0, 0.05) is 29.5 Å². The van der Waals surface area contributed by atoms with E-state index in [-0.39, 0.29) is 29.5 Å². The first-order chi connectivity index (χ1) is 31.6. The standard InChI is InChI=1S/C17H24N4O2.C16H22N4O3.C8H8N4.C8H7N/c1-12-7-6-8-14(9-12)16-18-20-21(19-16)11-13(2)10-15(22)23-17(3,4)5;1-11(8-14(22)23-16(2,3)4)10-20-18-15(17-19-20)12-6-5-7-13(21)9-12;1-6-3-2-4-7(5-6)8-9-11-12-10-8;1-7-3-2-4-8(5-7)6-9/h6-9,13H,10-11H2,1-5H3;5-7,9,11,21H,8,10H2,1-4H3;2-5H,1H3,(H,9,10,11,12);2-5H,1H3/t13-;11-;;/m11../s1. The second-order valence-corrected chi connectivity index (χ2v) is 18.1. The summed E-state index contributed by atoms with van der Waals surface area (Å²) in [4.78, 5) is 26.6. The largest absolute Gasteiger partial charge is 0.508 e. The van der Waals surface area contributed by atoms with Crippen LogP contribution in [0.1, 0.15) is 90.5 Å². The van der Waals surface area contributed by atoms with Crippen LogP contribution in [0.15, 0.2) is 97.1 Å². The molecule has 18 heteroatoms. The van der Waals surface area contributed by atoms with E-state index in [0.29, 0.717) is 49.0 Å². The van der Waals surface area contributed by atoms with E-state index in [1.807, 2.05) is 143 Å². The first kappa shape index (κ1) is 51.9. The van der Waals surface area contributed by atoms with Crippen molar-refractivity contribution in [2.75, 3.05) is 0 Å². The Labute approximate surface area is 391 Å². The second kappa shape index (κ2) is 24.6. The molecule has 67 heavy (non-hydrogen) atoms. The number of nitrogens with one attached hydrogen (secondary N) is 1. The molecule has 7 rings (SSSR count). The maximum atomic E-state index is 11.8. The summed E-state index contributed by atoms with van der Waals surface area (Å²) < 4.78 is 10.6. The number of carbonyl (C=O) groups excluding carboxylic acids is 2. The zero-order chi connectivity index (χ0) is 49.1. The maximum absolute atomic E-state index is 11.8. The molecule has 2 atom stereocenters. The molecule has 0 saturated heterocycles. The molecular weight excluding hydrogens is 851 g/mol. The summed E-state index contributed by atoms with van der Waals surface area (Å²) in [5.41, 5.74) is 5.89. The van der Waals surface area contributed by atoms with Crippen LogP contribution in [0.25, 0.3) is 34.2 Å². The molecule has 352 valence electrons. The first-order valence-corrected chi connectivity index (χ1v) is 21.8. The van der Waals surface area contributed by atoms with Gasteiger partial charge in [0.1, 0.15) is 17.0 Å². The van der Waals surface area contributed by atoms with Gasteiger partial charge in [-0.15, -0.1) is 30.6 Å². The fourth-order valence-corrected chi connectivity index (χ4v) is 6.11. The van der Waals surface area contributed by atoms with Crippen molar-refractivity contribution in [2.45, 2.75) is 113 Å². The van der Waals surface area contributed by atoms with Crippen LogP contribution in [-0.2, 0) is 32.2 Å². The fraction of sp³-hybridized carbons (Fsp3) is 0.388. The van der Waals surface area contributed by atoms with Gasteiger partial charge in [-0.1, -0.05) is 85.6 Å². The highest BCUT2D eigenvalue weighted by molar-refractivity contribution is 5.70. The Bertz CT molecular complexity index is 2560. The topological polar surface area (TPSA) is 238 Å². The van der Waals surface area contributed by atoms with Gasteiger partial charge >= 0.3 is 11.9 Å². The van der Waals surface area contributed by atoms with Crippen molar-refractivity contribution in [2.24, 2.45) is 11.8 Å². The van der Waals surface area contributed by atoms with Gasteiger partial charge in [-0.3, -0.25) is 9.59 Å². The number of hydrogen-bond donors (Lipinski definition) is 2. The number of carbonyl (C=O) groups is 2. The molecule has 0 bridgehead atoms. The molecule has 0 aliphatic rings. The number of nitrogens with zero attached hydrogens (tertiary/aromatic N) is 12. The Hall–Kier alpha value is -7.68. The number of phenolic OH excluding ortho intramolecular Hbond substituents is 1. The van der Waals surface area contributed by atoms with Crippen molar-refractivity contribution < 1.29 is 24.2 Å². The molecular formula is C49H61N13O5. The molecule has 7 aromatic rings. The minimum absolute atomic E-state index is 0.0241. The third-order valence-corrected chi connectivity index (χ3v) is 8.88. The molecule has 2 N–H and O–H groups in total. The zero-order valence-corrected chi connectivity index (χ0v) is 40.2. The Morgan fingerprint density at radius 2 is 1.07 bits per heavy atom. The van der Waals surface area contributed by atoms with E-state index >= 15 is 0 Å². The van der Waals surface area contributed by atoms with Crippen molar-refractivity contribution in [1.29, 1.82) is 5.26 Å². The van der Waals surface area contributed by atoms with Crippen molar-refractivity contribution >= 4 is 11.9 Å². The second-order valence-electron chi connectivity index (χ2n) is 18.1. The monoisotopic (exact) mass is 911 g/mol. The Balaban J connectivity index is 0.000000208. The van der Waals surface area contributed by atoms with E-state index in [0.717, 1.165) is 27.8 Å². The van der Waals surface area contributed by atoms with Crippen LogP contribution >= 0.6 is 0 Å². The molecule has 0 unspecified atom stereocenters. The third-order valence-electron chi connectivity index (χ3n) is 8.88. The average Bonchev–Trinajstić information content (AvgIpc) is 4.04. The van der Waals surface area contributed by atoms with Gasteiger partial charge in [0.05, 0.1) is 24.7 Å². The number of esters is 2. The molecule has 0 fully saturated rings. The van der Waals surface area contributed by atoms with E-state index in [9.17, 15) is 14.7 Å². The summed E-state index contributed by atoms with van der Waals surface area (Å²) >= 11 is 0. The summed E-state index contributed by atoms with van der Waals surface area (Å²) in [6.45, 7) is 22.0. The number of benzene rings is 4. The number of aromatic hydroxyl groups is 1. The number of nitriles is 1. The average molecular weight is 912 g/mol. The van der Waals surface area contributed by atoms with Crippen LogP contribution in [0.4, 0.5) is 0 Å². The van der Waals surface area contributed by atoms with Gasteiger partial charge in [0.2, 0.25) is 17.5 Å². The molecule has 0 radical (unpaired) electrons. The predicted octanol–water partition coefficient (Wildman–Crippen LogP) is 8.47. The van der Waals surface area contributed by atoms with Gasteiger partial charge < -0.3 is 14.6 Å². The van der Waals surface area contributed by atoms with Crippen molar-refractivity contribution in [3.8, 4) is 46.0 Å². The molecule has 4 aromatic carbocycles. The van der Waals surface area contributed by atoms with Crippen LogP contribution < -0.4 is 0 Å². The summed E-state index contributed by atoms with van der Waals surface area (Å²) in [5.74, 6) is 1.47. The van der Waals surface area contributed by atoms with Crippen LogP contribution in [0, 0.1) is 43.9 Å². The Morgan fingerprint density at radius 1 is 0.642 bits per heavy atom. The molecule has 0 aliphatic heterocycles. The number of tetrazole rings is 3. The molecule has 3 aromatic heterocycles. The van der Waals surface area contributed by atoms with Crippen LogP contribution in [0.3, 0.4) is 0 Å². The van der Waals surface area contributed by atoms with Gasteiger partial charge in [-0.2, -0.15) is 20.1 Å². The van der Waals surface area contributed by atoms with Gasteiger partial charge in [0.25, 0.3) is 0 Å². The number of aromatic amines is 1. The normalized spacial score (nSPS) is 11.8. The molecule has 3 heterocycles. The van der Waals surface area contributed by atoms with Crippen molar-refractivity contribution in [1.82, 2.24) is 61.0 Å². The lowest BCUT2D eigenvalue weighted by molar-refractivity contribution is -0.157. The summed E-state index contributed by atoms with van der Waals surface area (Å²) in [7, 11) is 0. The number of aromatic nitrogens is 12. The Morgan fingerprint density at radius 3 is 1.46 bits per heavy atom. The van der Waals surface area contributed by atoms with Crippen molar-refractivity contribution in [3.05, 3.63) is 119 Å². The van der Waals surface area contributed by atoms with Crippen LogP contribution in [0.2, 0.25) is 0 Å². The van der Waals surface area contributed by atoms with E-state index in [4.69, 9.17) is 14.7 Å². The van der Waals surface area contributed by atoms with E-state index in [1.165, 1.54) is 15.2 Å². The quantitative estimate of drug-likeness (QED) is 0.116. The number of H-pyrrole nitrogens is 1. The summed E-state index contributed by atoms with van der Waals surface area (Å²) in [6.07, 6.45) is 0.624. The molecule has 0 amide bonds.